The third-order valence-electron chi connectivity index (χ3n) is 2.87. The zero-order valence-electron chi connectivity index (χ0n) is 11.8. The second-order valence-electron chi connectivity index (χ2n) is 4.39. The van der Waals surface area contributed by atoms with Gasteiger partial charge in [-0.15, -0.1) is 0 Å². The van der Waals surface area contributed by atoms with Crippen molar-refractivity contribution in [2.75, 3.05) is 12.4 Å². The van der Waals surface area contributed by atoms with Gasteiger partial charge in [0.2, 0.25) is 0 Å². The van der Waals surface area contributed by atoms with Crippen LogP contribution in [0.5, 0.6) is 0 Å². The van der Waals surface area contributed by atoms with E-state index in [-0.39, 0.29) is 0 Å². The second-order valence-corrected chi connectivity index (χ2v) is 5.40. The van der Waals surface area contributed by atoms with Gasteiger partial charge in [-0.2, -0.15) is 0 Å². The summed E-state index contributed by atoms with van der Waals surface area (Å²) in [6.45, 7) is 2.11. The van der Waals surface area contributed by atoms with E-state index in [1.54, 1.807) is 6.33 Å². The molecule has 21 heavy (non-hydrogen) atoms. The van der Waals surface area contributed by atoms with E-state index in [4.69, 9.17) is 0 Å². The SMILES string of the molecule is CCCc1nc(NC)cc(Sc2ncnc3nc[nH]c23)n1. The fourth-order valence-corrected chi connectivity index (χ4v) is 2.78. The summed E-state index contributed by atoms with van der Waals surface area (Å²) in [5, 5.41) is 4.73. The molecule has 3 aromatic heterocycles. The molecule has 0 saturated heterocycles. The fourth-order valence-electron chi connectivity index (χ4n) is 1.91. The largest absolute Gasteiger partial charge is 0.373 e. The van der Waals surface area contributed by atoms with Crippen molar-refractivity contribution in [2.45, 2.75) is 29.8 Å². The van der Waals surface area contributed by atoms with Crippen LogP contribution >= 0.6 is 11.8 Å². The average Bonchev–Trinajstić information content (AvgIpc) is 2.97. The first kappa shape index (κ1) is 13.7. The van der Waals surface area contributed by atoms with E-state index < -0.39 is 0 Å². The monoisotopic (exact) mass is 301 g/mol. The van der Waals surface area contributed by atoms with Crippen LogP contribution in [0.4, 0.5) is 5.82 Å². The zero-order chi connectivity index (χ0) is 14.7. The zero-order valence-corrected chi connectivity index (χ0v) is 12.6. The molecular weight excluding hydrogens is 286 g/mol. The number of nitrogens with one attached hydrogen (secondary N) is 2. The number of hydrogen-bond donors (Lipinski definition) is 2. The van der Waals surface area contributed by atoms with Gasteiger partial charge in [0.25, 0.3) is 0 Å². The summed E-state index contributed by atoms with van der Waals surface area (Å²) < 4.78 is 0. The Balaban J connectivity index is 1.97. The van der Waals surface area contributed by atoms with Crippen molar-refractivity contribution < 1.29 is 0 Å². The van der Waals surface area contributed by atoms with Crippen molar-refractivity contribution in [3.63, 3.8) is 0 Å². The van der Waals surface area contributed by atoms with Crippen LogP contribution in [0.2, 0.25) is 0 Å². The molecule has 108 valence electrons. The molecule has 0 aliphatic heterocycles. The standard InChI is InChI=1S/C13H15N7S/c1-3-4-8-19-9(14-2)5-10(20-8)21-13-11-12(16-6-15-11)17-7-18-13/h5-7H,3-4H2,1-2H3,(H,14,19,20)(H,15,16,17,18). The minimum atomic E-state index is 0.657. The highest BCUT2D eigenvalue weighted by molar-refractivity contribution is 7.99. The van der Waals surface area contributed by atoms with Crippen LogP contribution in [-0.2, 0) is 6.42 Å². The van der Waals surface area contributed by atoms with E-state index in [1.807, 2.05) is 13.1 Å². The first-order chi connectivity index (χ1) is 10.3. The van der Waals surface area contributed by atoms with Crippen molar-refractivity contribution in [3.8, 4) is 0 Å². The molecular formula is C13H15N7S. The van der Waals surface area contributed by atoms with Crippen LogP contribution in [0.1, 0.15) is 19.2 Å². The summed E-state index contributed by atoms with van der Waals surface area (Å²) in [6, 6.07) is 1.91. The fraction of sp³-hybridized carbons (Fsp3) is 0.308. The van der Waals surface area contributed by atoms with Crippen molar-refractivity contribution in [2.24, 2.45) is 0 Å². The quantitative estimate of drug-likeness (QED) is 0.698. The number of rotatable bonds is 5. The van der Waals surface area contributed by atoms with Crippen molar-refractivity contribution in [3.05, 3.63) is 24.5 Å². The van der Waals surface area contributed by atoms with Gasteiger partial charge in [-0.3, -0.25) is 0 Å². The number of imidazole rings is 1. The molecule has 0 radical (unpaired) electrons. The van der Waals surface area contributed by atoms with E-state index in [2.05, 4.69) is 42.1 Å². The molecule has 0 atom stereocenters. The van der Waals surface area contributed by atoms with E-state index in [0.717, 1.165) is 40.1 Å². The molecule has 7 nitrogen and oxygen atoms in total. The highest BCUT2D eigenvalue weighted by atomic mass is 32.2. The molecule has 8 heteroatoms. The van der Waals surface area contributed by atoms with E-state index in [9.17, 15) is 0 Å². The number of hydrogen-bond acceptors (Lipinski definition) is 7. The van der Waals surface area contributed by atoms with Crippen molar-refractivity contribution in [1.82, 2.24) is 29.9 Å². The number of anilines is 1. The van der Waals surface area contributed by atoms with Crippen molar-refractivity contribution >= 4 is 28.7 Å². The smallest absolute Gasteiger partial charge is 0.181 e. The third kappa shape index (κ3) is 2.94. The van der Waals surface area contributed by atoms with Crippen LogP contribution < -0.4 is 5.32 Å². The molecule has 0 aliphatic carbocycles. The van der Waals surface area contributed by atoms with Gasteiger partial charge in [-0.05, 0) is 18.2 Å². The molecule has 0 amide bonds. The topological polar surface area (TPSA) is 92.3 Å². The lowest BCUT2D eigenvalue weighted by Gasteiger charge is -2.06. The Kier molecular flexibility index (Phi) is 3.96. The maximum Gasteiger partial charge on any atom is 0.181 e. The lowest BCUT2D eigenvalue weighted by molar-refractivity contribution is 0.811. The van der Waals surface area contributed by atoms with Crippen LogP contribution in [0, 0.1) is 0 Å². The highest BCUT2D eigenvalue weighted by Crippen LogP contribution is 2.29. The van der Waals surface area contributed by atoms with Gasteiger partial charge in [-0.1, -0.05) is 6.92 Å². The number of aryl methyl sites for hydroxylation is 1. The minimum absolute atomic E-state index is 0.657. The van der Waals surface area contributed by atoms with Gasteiger partial charge in [0.05, 0.1) is 6.33 Å². The average molecular weight is 301 g/mol. The Morgan fingerprint density at radius 1 is 1.24 bits per heavy atom. The molecule has 3 rings (SSSR count). The maximum atomic E-state index is 4.57. The maximum absolute atomic E-state index is 4.57. The molecule has 3 aromatic rings. The Labute approximate surface area is 126 Å². The number of aromatic amines is 1. The van der Waals surface area contributed by atoms with E-state index in [0.29, 0.717) is 5.65 Å². The molecule has 0 saturated carbocycles. The van der Waals surface area contributed by atoms with Gasteiger partial charge in [0.1, 0.15) is 33.5 Å². The van der Waals surface area contributed by atoms with Gasteiger partial charge in [0, 0.05) is 19.5 Å². The molecule has 3 heterocycles. The number of nitrogens with zero attached hydrogens (tertiary/aromatic N) is 5. The molecule has 0 spiro atoms. The second kappa shape index (κ2) is 6.04. The molecule has 0 bridgehead atoms. The predicted molar refractivity (Wildman–Crippen MR) is 81.4 cm³/mol. The van der Waals surface area contributed by atoms with Gasteiger partial charge in [-0.25, -0.2) is 24.9 Å². The van der Waals surface area contributed by atoms with Gasteiger partial charge >= 0.3 is 0 Å². The predicted octanol–water partition coefficient (Wildman–Crippen LogP) is 2.29. The summed E-state index contributed by atoms with van der Waals surface area (Å²) in [4.78, 5) is 24.6. The van der Waals surface area contributed by atoms with E-state index in [1.165, 1.54) is 18.1 Å². The summed E-state index contributed by atoms with van der Waals surface area (Å²) in [6.07, 6.45) is 4.99. The summed E-state index contributed by atoms with van der Waals surface area (Å²) >= 11 is 1.48. The minimum Gasteiger partial charge on any atom is -0.373 e. The van der Waals surface area contributed by atoms with Gasteiger partial charge in [0.15, 0.2) is 5.65 Å². The molecule has 0 fully saturated rings. The van der Waals surface area contributed by atoms with Crippen LogP contribution in [0.25, 0.3) is 11.2 Å². The summed E-state index contributed by atoms with van der Waals surface area (Å²) in [5.41, 5.74) is 1.48. The third-order valence-corrected chi connectivity index (χ3v) is 3.79. The number of fused-ring (bicyclic) bond motifs is 1. The molecule has 2 N–H and O–H groups in total. The van der Waals surface area contributed by atoms with E-state index >= 15 is 0 Å². The lowest BCUT2D eigenvalue weighted by atomic mass is 10.3. The first-order valence-corrected chi connectivity index (χ1v) is 7.49. The molecule has 0 aliphatic rings. The van der Waals surface area contributed by atoms with Crippen LogP contribution in [-0.4, -0.2) is 37.0 Å². The summed E-state index contributed by atoms with van der Waals surface area (Å²) in [5.74, 6) is 1.65. The Morgan fingerprint density at radius 2 is 2.14 bits per heavy atom. The highest BCUT2D eigenvalue weighted by Gasteiger charge is 2.10. The molecule has 0 aromatic carbocycles. The number of H-pyrrole nitrogens is 1. The normalized spacial score (nSPS) is 11.0. The summed E-state index contributed by atoms with van der Waals surface area (Å²) in [7, 11) is 1.85. The Bertz CT molecular complexity index is 755. The molecule has 0 unspecified atom stereocenters. The van der Waals surface area contributed by atoms with Crippen LogP contribution in [0.15, 0.2) is 28.8 Å². The van der Waals surface area contributed by atoms with Gasteiger partial charge < -0.3 is 10.3 Å². The first-order valence-electron chi connectivity index (χ1n) is 6.67. The Hall–Kier alpha value is -2.22. The van der Waals surface area contributed by atoms with Crippen molar-refractivity contribution in [1.29, 1.82) is 0 Å². The number of aromatic nitrogens is 6. The Morgan fingerprint density at radius 3 is 2.95 bits per heavy atom. The lowest BCUT2D eigenvalue weighted by Crippen LogP contribution is -2.01. The van der Waals surface area contributed by atoms with Crippen LogP contribution in [0.3, 0.4) is 0 Å².